The molecule has 0 heterocycles. The third-order valence-corrected chi connectivity index (χ3v) is 2.89. The Morgan fingerprint density at radius 1 is 1.33 bits per heavy atom. The summed E-state index contributed by atoms with van der Waals surface area (Å²) >= 11 is 0. The van der Waals surface area contributed by atoms with Gasteiger partial charge in [0, 0.05) is 0 Å². The number of hydrogen-bond donors (Lipinski definition) is 2. The fourth-order valence-electron chi connectivity index (χ4n) is 1.83. The highest BCUT2D eigenvalue weighted by atomic mass is 19.1. The minimum absolute atomic E-state index is 0.330. The van der Waals surface area contributed by atoms with Crippen molar-refractivity contribution in [1.82, 2.24) is 0 Å². The van der Waals surface area contributed by atoms with Gasteiger partial charge in [0.25, 0.3) is 0 Å². The third-order valence-electron chi connectivity index (χ3n) is 2.89. The van der Waals surface area contributed by atoms with Crippen LogP contribution in [-0.2, 0) is 4.79 Å². The molecule has 100 valence electrons. The van der Waals surface area contributed by atoms with Gasteiger partial charge in [-0.2, -0.15) is 0 Å². The van der Waals surface area contributed by atoms with E-state index < -0.39 is 11.9 Å². The van der Waals surface area contributed by atoms with E-state index in [0.29, 0.717) is 12.1 Å². The molecule has 3 nitrogen and oxygen atoms in total. The van der Waals surface area contributed by atoms with Crippen molar-refractivity contribution in [1.29, 1.82) is 0 Å². The zero-order valence-corrected chi connectivity index (χ0v) is 10.8. The Hall–Kier alpha value is -1.58. The Balaban J connectivity index is 2.53. The molecule has 1 aromatic carbocycles. The molecular weight excluding hydrogens is 231 g/mol. The second-order valence-electron chi connectivity index (χ2n) is 4.43. The van der Waals surface area contributed by atoms with Crippen molar-refractivity contribution in [2.75, 3.05) is 5.32 Å². The van der Waals surface area contributed by atoms with Gasteiger partial charge >= 0.3 is 0 Å². The van der Waals surface area contributed by atoms with Crippen LogP contribution in [0.4, 0.5) is 10.1 Å². The maximum Gasteiger partial charge on any atom is 0.239 e. The van der Waals surface area contributed by atoms with E-state index in [1.165, 1.54) is 6.07 Å². The lowest BCUT2D eigenvalue weighted by Gasteiger charge is -2.17. The van der Waals surface area contributed by atoms with E-state index in [0.717, 1.165) is 25.7 Å². The van der Waals surface area contributed by atoms with Crippen molar-refractivity contribution in [3.63, 3.8) is 0 Å². The van der Waals surface area contributed by atoms with Gasteiger partial charge in [0.2, 0.25) is 5.91 Å². The van der Waals surface area contributed by atoms with Crippen LogP contribution in [0.25, 0.3) is 0 Å². The van der Waals surface area contributed by atoms with E-state index in [1.807, 2.05) is 0 Å². The molecular formula is C14H21FN2O. The number of amides is 1. The quantitative estimate of drug-likeness (QED) is 0.699. The summed E-state index contributed by atoms with van der Waals surface area (Å²) in [5.74, 6) is -0.799. The number of benzene rings is 1. The zero-order chi connectivity index (χ0) is 13.4. The van der Waals surface area contributed by atoms with Gasteiger partial charge < -0.3 is 11.1 Å². The molecule has 0 radical (unpaired) electrons. The monoisotopic (exact) mass is 252 g/mol. The van der Waals surface area contributed by atoms with Gasteiger partial charge in [0.1, 0.15) is 11.9 Å². The summed E-state index contributed by atoms with van der Waals surface area (Å²) in [5, 5.41) is 2.87. The molecule has 1 unspecified atom stereocenters. The number of halogens is 1. The van der Waals surface area contributed by atoms with Gasteiger partial charge in [-0.05, 0) is 18.6 Å². The highest BCUT2D eigenvalue weighted by Crippen LogP contribution is 2.16. The smallest absolute Gasteiger partial charge is 0.239 e. The number of unbranched alkanes of at least 4 members (excludes halogenated alkanes) is 3. The summed E-state index contributed by atoms with van der Waals surface area (Å²) < 4.78 is 13.4. The number of para-hydroxylation sites is 1. The topological polar surface area (TPSA) is 55.1 Å². The standard InChI is InChI=1S/C14H21FN2O/c1-2-3-4-5-10-13(14(16)18)17-12-9-7-6-8-11(12)15/h6-9,13,17H,2-5,10H2,1H3,(H2,16,18). The van der Waals surface area contributed by atoms with Crippen LogP contribution in [0.5, 0.6) is 0 Å². The molecule has 0 fully saturated rings. The van der Waals surface area contributed by atoms with E-state index in [2.05, 4.69) is 12.2 Å². The Morgan fingerprint density at radius 3 is 2.67 bits per heavy atom. The largest absolute Gasteiger partial charge is 0.371 e. The number of primary amides is 1. The Bertz CT molecular complexity index is 382. The second kappa shape index (κ2) is 7.69. The average Bonchev–Trinajstić information content (AvgIpc) is 2.35. The van der Waals surface area contributed by atoms with E-state index in [-0.39, 0.29) is 5.82 Å². The van der Waals surface area contributed by atoms with Crippen molar-refractivity contribution < 1.29 is 9.18 Å². The maximum absolute atomic E-state index is 13.4. The summed E-state index contributed by atoms with van der Waals surface area (Å²) in [5.41, 5.74) is 5.66. The van der Waals surface area contributed by atoms with Gasteiger partial charge in [-0.3, -0.25) is 4.79 Å². The molecule has 0 saturated carbocycles. The third kappa shape index (κ3) is 4.73. The van der Waals surface area contributed by atoms with Crippen LogP contribution in [0.15, 0.2) is 24.3 Å². The van der Waals surface area contributed by atoms with Gasteiger partial charge in [-0.1, -0.05) is 44.7 Å². The Kier molecular flexibility index (Phi) is 6.19. The van der Waals surface area contributed by atoms with Gasteiger partial charge in [-0.15, -0.1) is 0 Å². The molecule has 0 spiro atoms. The normalized spacial score (nSPS) is 12.1. The van der Waals surface area contributed by atoms with Gasteiger partial charge in [-0.25, -0.2) is 4.39 Å². The predicted molar refractivity (Wildman–Crippen MR) is 71.8 cm³/mol. The lowest BCUT2D eigenvalue weighted by Crippen LogP contribution is -2.35. The summed E-state index contributed by atoms with van der Waals surface area (Å²) in [6.07, 6.45) is 4.92. The summed E-state index contributed by atoms with van der Waals surface area (Å²) in [6, 6.07) is 5.80. The number of nitrogens with one attached hydrogen (secondary N) is 1. The van der Waals surface area contributed by atoms with Gasteiger partial charge in [0.15, 0.2) is 0 Å². The molecule has 0 bridgehead atoms. The second-order valence-corrected chi connectivity index (χ2v) is 4.43. The molecule has 1 aromatic rings. The number of hydrogen-bond acceptors (Lipinski definition) is 2. The number of rotatable bonds is 8. The Labute approximate surface area is 108 Å². The predicted octanol–water partition coefficient (Wildman–Crippen LogP) is 3.06. The molecule has 0 saturated heterocycles. The first kappa shape index (κ1) is 14.5. The van der Waals surface area contributed by atoms with Crippen LogP contribution in [0, 0.1) is 5.82 Å². The first-order valence-corrected chi connectivity index (χ1v) is 6.45. The van der Waals surface area contributed by atoms with Crippen LogP contribution in [0.2, 0.25) is 0 Å². The van der Waals surface area contributed by atoms with Crippen LogP contribution in [0.3, 0.4) is 0 Å². The van der Waals surface area contributed by atoms with Crippen LogP contribution in [0.1, 0.15) is 39.0 Å². The first-order valence-electron chi connectivity index (χ1n) is 6.45. The van der Waals surface area contributed by atoms with Crippen molar-refractivity contribution in [2.45, 2.75) is 45.1 Å². The molecule has 1 atom stereocenters. The lowest BCUT2D eigenvalue weighted by atomic mass is 10.1. The number of nitrogens with two attached hydrogens (primary N) is 1. The SMILES string of the molecule is CCCCCCC(Nc1ccccc1F)C(N)=O. The minimum Gasteiger partial charge on any atom is -0.371 e. The molecule has 3 N–H and O–H groups in total. The fraction of sp³-hybridized carbons (Fsp3) is 0.500. The van der Waals surface area contributed by atoms with Gasteiger partial charge in [0.05, 0.1) is 5.69 Å². The number of carbonyl (C=O) groups excluding carboxylic acids is 1. The highest BCUT2D eigenvalue weighted by Gasteiger charge is 2.15. The van der Waals surface area contributed by atoms with Crippen molar-refractivity contribution in [3.05, 3.63) is 30.1 Å². The number of anilines is 1. The molecule has 0 aliphatic rings. The maximum atomic E-state index is 13.4. The van der Waals surface area contributed by atoms with Crippen molar-refractivity contribution in [3.8, 4) is 0 Å². The fourth-order valence-corrected chi connectivity index (χ4v) is 1.83. The lowest BCUT2D eigenvalue weighted by molar-refractivity contribution is -0.118. The summed E-state index contributed by atoms with van der Waals surface area (Å²) in [6.45, 7) is 2.13. The molecule has 0 aliphatic heterocycles. The molecule has 18 heavy (non-hydrogen) atoms. The van der Waals surface area contributed by atoms with Crippen molar-refractivity contribution in [2.24, 2.45) is 5.73 Å². The van der Waals surface area contributed by atoms with Crippen LogP contribution in [-0.4, -0.2) is 11.9 Å². The van der Waals surface area contributed by atoms with Crippen LogP contribution < -0.4 is 11.1 Å². The Morgan fingerprint density at radius 2 is 2.06 bits per heavy atom. The van der Waals surface area contributed by atoms with Crippen molar-refractivity contribution >= 4 is 11.6 Å². The van der Waals surface area contributed by atoms with E-state index in [1.54, 1.807) is 18.2 Å². The summed E-state index contributed by atoms with van der Waals surface area (Å²) in [4.78, 5) is 11.3. The number of carbonyl (C=O) groups is 1. The zero-order valence-electron chi connectivity index (χ0n) is 10.8. The minimum atomic E-state index is -0.501. The molecule has 4 heteroatoms. The molecule has 1 amide bonds. The molecule has 0 aliphatic carbocycles. The molecule has 0 aromatic heterocycles. The van der Waals surface area contributed by atoms with Crippen LogP contribution >= 0.6 is 0 Å². The average molecular weight is 252 g/mol. The first-order chi connectivity index (χ1) is 8.65. The summed E-state index contributed by atoms with van der Waals surface area (Å²) in [7, 11) is 0. The van der Waals surface area contributed by atoms with E-state index in [9.17, 15) is 9.18 Å². The van der Waals surface area contributed by atoms with E-state index in [4.69, 9.17) is 5.73 Å². The van der Waals surface area contributed by atoms with E-state index >= 15 is 0 Å². The highest BCUT2D eigenvalue weighted by molar-refractivity contribution is 5.82. The molecule has 1 rings (SSSR count).